The van der Waals surface area contributed by atoms with Crippen LogP contribution >= 0.6 is 0 Å². The number of aryl methyl sites for hydroxylation is 1. The summed E-state index contributed by atoms with van der Waals surface area (Å²) in [6, 6.07) is 6.56. The Morgan fingerprint density at radius 3 is 2.70 bits per heavy atom. The van der Waals surface area contributed by atoms with E-state index in [1.807, 2.05) is 30.5 Å². The average Bonchev–Trinajstić information content (AvgIpc) is 3.29. The molecule has 0 radical (unpaired) electrons. The molecule has 0 aliphatic rings. The summed E-state index contributed by atoms with van der Waals surface area (Å²) >= 11 is 0. The summed E-state index contributed by atoms with van der Waals surface area (Å²) in [5.74, 6) is 1.34. The Morgan fingerprint density at radius 2 is 2.04 bits per heavy atom. The Kier molecular flexibility index (Phi) is 5.71. The van der Waals surface area contributed by atoms with Gasteiger partial charge in [0.1, 0.15) is 6.33 Å². The number of tetrazole rings is 1. The molecule has 27 heavy (non-hydrogen) atoms. The number of rotatable bonds is 7. The van der Waals surface area contributed by atoms with Crippen LogP contribution in [0, 0.1) is 6.92 Å². The van der Waals surface area contributed by atoms with Gasteiger partial charge in [-0.3, -0.25) is 0 Å². The molecule has 0 bridgehead atoms. The number of carbonyl (C=O) groups excluding carboxylic acids is 1. The van der Waals surface area contributed by atoms with Crippen molar-refractivity contribution >= 4 is 11.7 Å². The second-order valence-corrected chi connectivity index (χ2v) is 5.88. The van der Waals surface area contributed by atoms with Crippen LogP contribution in [0.25, 0.3) is 5.69 Å². The molecule has 2 N–H and O–H groups in total. The molecule has 0 saturated carbocycles. The molecule has 3 rings (SSSR count). The molecule has 1 aromatic carbocycles. The lowest BCUT2D eigenvalue weighted by atomic mass is 10.2. The molecule has 0 aliphatic heterocycles. The molecule has 0 unspecified atom stereocenters. The Hall–Kier alpha value is -3.34. The van der Waals surface area contributed by atoms with Gasteiger partial charge in [0.05, 0.1) is 18.3 Å². The third-order valence-electron chi connectivity index (χ3n) is 3.91. The number of anilines is 1. The Balaban J connectivity index is 1.59. The zero-order valence-corrected chi connectivity index (χ0v) is 15.3. The molecule has 11 nitrogen and oxygen atoms in total. The van der Waals surface area contributed by atoms with Gasteiger partial charge in [-0.05, 0) is 48.5 Å². The third-order valence-corrected chi connectivity index (χ3v) is 3.91. The van der Waals surface area contributed by atoms with E-state index in [9.17, 15) is 4.79 Å². The number of methoxy groups -OCH3 is 1. The van der Waals surface area contributed by atoms with Crippen LogP contribution in [-0.2, 0) is 11.3 Å². The van der Waals surface area contributed by atoms with Crippen LogP contribution in [0.4, 0.5) is 10.5 Å². The minimum absolute atomic E-state index is 0.312. The maximum absolute atomic E-state index is 12.3. The summed E-state index contributed by atoms with van der Waals surface area (Å²) < 4.78 is 8.52. The number of urea groups is 1. The van der Waals surface area contributed by atoms with Crippen LogP contribution in [0.5, 0.6) is 0 Å². The number of hydrogen-bond acceptors (Lipinski definition) is 7. The quantitative estimate of drug-likeness (QED) is 0.637. The number of benzene rings is 1. The van der Waals surface area contributed by atoms with Crippen LogP contribution in [0.15, 0.2) is 30.6 Å². The van der Waals surface area contributed by atoms with Crippen LogP contribution in [0.1, 0.15) is 24.6 Å². The lowest BCUT2D eigenvalue weighted by Crippen LogP contribution is -2.32. The largest absolute Gasteiger partial charge is 0.383 e. The van der Waals surface area contributed by atoms with Gasteiger partial charge in [0.15, 0.2) is 11.6 Å². The molecule has 2 amide bonds. The Labute approximate surface area is 155 Å². The first-order chi connectivity index (χ1) is 13.1. The van der Waals surface area contributed by atoms with Gasteiger partial charge in [-0.15, -0.1) is 15.3 Å². The summed E-state index contributed by atoms with van der Waals surface area (Å²) in [6.45, 7) is 4.81. The number of aromatic nitrogens is 7. The van der Waals surface area contributed by atoms with Gasteiger partial charge in [-0.25, -0.2) is 4.79 Å². The lowest BCUT2D eigenvalue weighted by Gasteiger charge is -2.15. The van der Waals surface area contributed by atoms with E-state index < -0.39 is 0 Å². The second kappa shape index (κ2) is 8.36. The number of ether oxygens (including phenoxy) is 1. The second-order valence-electron chi connectivity index (χ2n) is 5.88. The lowest BCUT2D eigenvalue weighted by molar-refractivity contribution is 0.185. The van der Waals surface area contributed by atoms with Crippen LogP contribution in [-0.4, -0.2) is 54.7 Å². The fraction of sp³-hybridized carbons (Fsp3) is 0.375. The van der Waals surface area contributed by atoms with E-state index in [0.29, 0.717) is 30.5 Å². The molecule has 3 aromatic rings. The predicted octanol–water partition coefficient (Wildman–Crippen LogP) is 1.09. The van der Waals surface area contributed by atoms with E-state index in [0.717, 1.165) is 5.69 Å². The van der Waals surface area contributed by atoms with E-state index >= 15 is 0 Å². The summed E-state index contributed by atoms with van der Waals surface area (Å²) in [7, 11) is 1.63. The topological polar surface area (TPSA) is 125 Å². The number of nitrogens with zero attached hydrogens (tertiary/aromatic N) is 7. The Bertz CT molecular complexity index is 887. The van der Waals surface area contributed by atoms with Crippen LogP contribution in [0.2, 0.25) is 0 Å². The van der Waals surface area contributed by atoms with Gasteiger partial charge < -0.3 is 19.9 Å². The highest BCUT2D eigenvalue weighted by Crippen LogP contribution is 2.14. The standard InChI is InChI=1S/C16H21N9O2/c1-11(15-21-17-10-24(15)8-9-27-3)18-16(26)19-13-4-6-14(7-5-13)25-12(2)20-22-23-25/h4-7,10-11H,8-9H2,1-3H3,(H2,18,19,26)/t11-/m0/s1. The summed E-state index contributed by atoms with van der Waals surface area (Å²) in [5.41, 5.74) is 1.46. The van der Waals surface area contributed by atoms with Crippen molar-refractivity contribution in [1.82, 2.24) is 40.3 Å². The molecule has 0 aliphatic carbocycles. The summed E-state index contributed by atoms with van der Waals surface area (Å²) in [6.07, 6.45) is 1.62. The normalized spacial score (nSPS) is 12.0. The highest BCUT2D eigenvalue weighted by atomic mass is 16.5. The van der Waals surface area contributed by atoms with Gasteiger partial charge in [0.25, 0.3) is 0 Å². The highest BCUT2D eigenvalue weighted by Gasteiger charge is 2.15. The zero-order valence-electron chi connectivity index (χ0n) is 15.3. The first kappa shape index (κ1) is 18.5. The maximum atomic E-state index is 12.3. The van der Waals surface area contributed by atoms with Crippen molar-refractivity contribution in [3.8, 4) is 5.69 Å². The Morgan fingerprint density at radius 1 is 1.26 bits per heavy atom. The van der Waals surface area contributed by atoms with Gasteiger partial charge in [0.2, 0.25) is 0 Å². The smallest absolute Gasteiger partial charge is 0.319 e. The van der Waals surface area contributed by atoms with Crippen molar-refractivity contribution < 1.29 is 9.53 Å². The summed E-state index contributed by atoms with van der Waals surface area (Å²) in [5, 5.41) is 25.0. The van der Waals surface area contributed by atoms with Gasteiger partial charge in [0, 0.05) is 19.3 Å². The van der Waals surface area contributed by atoms with Crippen molar-refractivity contribution in [3.05, 3.63) is 42.2 Å². The molecule has 11 heteroatoms. The fourth-order valence-electron chi connectivity index (χ4n) is 2.55. The number of hydrogen-bond donors (Lipinski definition) is 2. The molecule has 142 valence electrons. The van der Waals surface area contributed by atoms with E-state index in [4.69, 9.17) is 4.74 Å². The molecule has 2 heterocycles. The molecular weight excluding hydrogens is 350 g/mol. The van der Waals surface area contributed by atoms with Crippen LogP contribution in [0.3, 0.4) is 0 Å². The average molecular weight is 371 g/mol. The number of carbonyl (C=O) groups is 1. The third kappa shape index (κ3) is 4.44. The van der Waals surface area contributed by atoms with Crippen molar-refractivity contribution in [2.24, 2.45) is 0 Å². The van der Waals surface area contributed by atoms with Gasteiger partial charge in [-0.1, -0.05) is 0 Å². The van der Waals surface area contributed by atoms with Crippen molar-refractivity contribution in [3.63, 3.8) is 0 Å². The van der Waals surface area contributed by atoms with E-state index in [1.54, 1.807) is 30.3 Å². The highest BCUT2D eigenvalue weighted by molar-refractivity contribution is 5.89. The number of nitrogens with one attached hydrogen (secondary N) is 2. The first-order valence-electron chi connectivity index (χ1n) is 8.38. The minimum Gasteiger partial charge on any atom is -0.383 e. The molecule has 1 atom stereocenters. The van der Waals surface area contributed by atoms with E-state index in [1.165, 1.54) is 0 Å². The number of amides is 2. The molecule has 0 spiro atoms. The summed E-state index contributed by atoms with van der Waals surface area (Å²) in [4.78, 5) is 12.3. The maximum Gasteiger partial charge on any atom is 0.319 e. The predicted molar refractivity (Wildman–Crippen MR) is 96.4 cm³/mol. The van der Waals surface area contributed by atoms with Crippen molar-refractivity contribution in [2.75, 3.05) is 19.0 Å². The van der Waals surface area contributed by atoms with E-state index in [2.05, 4.69) is 36.4 Å². The van der Waals surface area contributed by atoms with Gasteiger partial charge in [-0.2, -0.15) is 4.68 Å². The molecule has 0 saturated heterocycles. The van der Waals surface area contributed by atoms with Crippen molar-refractivity contribution in [2.45, 2.75) is 26.4 Å². The molecule has 0 fully saturated rings. The minimum atomic E-state index is -0.338. The monoisotopic (exact) mass is 371 g/mol. The molecular formula is C16H21N9O2. The van der Waals surface area contributed by atoms with Crippen molar-refractivity contribution in [1.29, 1.82) is 0 Å². The first-order valence-corrected chi connectivity index (χ1v) is 8.38. The zero-order chi connectivity index (χ0) is 19.2. The van der Waals surface area contributed by atoms with Gasteiger partial charge >= 0.3 is 6.03 Å². The van der Waals surface area contributed by atoms with Crippen LogP contribution < -0.4 is 10.6 Å². The molecule has 2 aromatic heterocycles. The fourth-order valence-corrected chi connectivity index (χ4v) is 2.55. The van der Waals surface area contributed by atoms with E-state index in [-0.39, 0.29) is 12.1 Å². The SMILES string of the molecule is COCCn1cnnc1[C@H](C)NC(=O)Nc1ccc(-n2nnnc2C)cc1.